The van der Waals surface area contributed by atoms with E-state index in [1.54, 1.807) is 6.07 Å². The van der Waals surface area contributed by atoms with Crippen LogP contribution in [0, 0.1) is 0 Å². The Morgan fingerprint density at radius 2 is 2.10 bits per heavy atom. The van der Waals surface area contributed by atoms with Crippen LogP contribution >= 0.6 is 27.5 Å². The fraction of sp³-hybridized carbons (Fsp3) is 0.231. The normalized spacial score (nSPS) is 10.7. The zero-order valence-electron chi connectivity index (χ0n) is 11.0. The Balaban J connectivity index is 2.27. The minimum absolute atomic E-state index is 0.0119. The summed E-state index contributed by atoms with van der Waals surface area (Å²) in [7, 11) is 0. The van der Waals surface area contributed by atoms with Crippen LogP contribution in [0.25, 0.3) is 0 Å². The van der Waals surface area contributed by atoms with Crippen LogP contribution < -0.4 is 15.8 Å². The number of nitrogens with one attached hydrogen (secondary N) is 1. The van der Waals surface area contributed by atoms with Crippen molar-refractivity contribution in [1.82, 2.24) is 9.97 Å². The molecule has 0 spiro atoms. The van der Waals surface area contributed by atoms with Gasteiger partial charge in [0.2, 0.25) is 5.88 Å². The average Bonchev–Trinajstić information content (AvgIpc) is 2.38. The molecular formula is C13H14BrClN4O. The number of nitrogen functional groups attached to an aromatic ring is 1. The lowest BCUT2D eigenvalue weighted by molar-refractivity contribution is 0.234. The molecule has 7 heteroatoms. The molecule has 2 rings (SSSR count). The lowest BCUT2D eigenvalue weighted by atomic mass is 10.3. The van der Waals surface area contributed by atoms with Gasteiger partial charge in [-0.2, -0.15) is 4.98 Å². The molecule has 20 heavy (non-hydrogen) atoms. The molecule has 0 amide bonds. The molecule has 1 aromatic carbocycles. The van der Waals surface area contributed by atoms with E-state index in [9.17, 15) is 0 Å². The van der Waals surface area contributed by atoms with Crippen molar-refractivity contribution in [2.45, 2.75) is 20.0 Å². The molecule has 0 saturated carbocycles. The number of rotatable bonds is 4. The second kappa shape index (κ2) is 6.28. The van der Waals surface area contributed by atoms with Crippen LogP contribution in [0.1, 0.15) is 13.8 Å². The molecule has 0 unspecified atom stereocenters. The Hall–Kier alpha value is -1.53. The van der Waals surface area contributed by atoms with Crippen molar-refractivity contribution in [3.05, 3.63) is 34.0 Å². The largest absolute Gasteiger partial charge is 0.473 e. The first-order chi connectivity index (χ1) is 9.47. The molecule has 0 aliphatic heterocycles. The lowest BCUT2D eigenvalue weighted by Gasteiger charge is -2.14. The molecule has 5 nitrogen and oxygen atoms in total. The molecule has 2 aromatic rings. The second-order valence-corrected chi connectivity index (χ2v) is 5.62. The van der Waals surface area contributed by atoms with E-state index in [0.717, 1.165) is 10.2 Å². The molecule has 0 aliphatic rings. The van der Waals surface area contributed by atoms with Gasteiger partial charge in [0.25, 0.3) is 0 Å². The Kier molecular flexibility index (Phi) is 4.67. The van der Waals surface area contributed by atoms with Gasteiger partial charge in [-0.15, -0.1) is 0 Å². The quantitative estimate of drug-likeness (QED) is 0.865. The van der Waals surface area contributed by atoms with Crippen LogP contribution in [-0.2, 0) is 0 Å². The van der Waals surface area contributed by atoms with Crippen LogP contribution in [0.2, 0.25) is 5.02 Å². The predicted molar refractivity (Wildman–Crippen MR) is 84.6 cm³/mol. The number of hydrogen-bond donors (Lipinski definition) is 2. The van der Waals surface area contributed by atoms with Crippen LogP contribution in [0.3, 0.4) is 0 Å². The standard InChI is InChI=1S/C13H14BrClN4O/c1-7(2)20-13-11(16)12(17-6-18-13)19-8-3-4-9(14)10(15)5-8/h3-7H,16H2,1-2H3,(H,17,18,19). The van der Waals surface area contributed by atoms with Crippen molar-refractivity contribution < 1.29 is 4.74 Å². The van der Waals surface area contributed by atoms with E-state index in [1.807, 2.05) is 26.0 Å². The van der Waals surface area contributed by atoms with Gasteiger partial charge in [0.15, 0.2) is 5.82 Å². The molecule has 0 saturated heterocycles. The highest BCUT2D eigenvalue weighted by Crippen LogP contribution is 2.31. The van der Waals surface area contributed by atoms with Gasteiger partial charge in [-0.25, -0.2) is 4.98 Å². The van der Waals surface area contributed by atoms with Crippen LogP contribution in [0.15, 0.2) is 29.0 Å². The summed E-state index contributed by atoms with van der Waals surface area (Å²) in [5, 5.41) is 3.69. The van der Waals surface area contributed by atoms with Gasteiger partial charge in [-0.3, -0.25) is 0 Å². The van der Waals surface area contributed by atoms with Gasteiger partial charge < -0.3 is 15.8 Å². The third-order valence-electron chi connectivity index (χ3n) is 2.38. The van der Waals surface area contributed by atoms with Crippen molar-refractivity contribution in [2.24, 2.45) is 0 Å². The summed E-state index contributed by atoms with van der Waals surface area (Å²) in [4.78, 5) is 8.13. The Morgan fingerprint density at radius 1 is 1.35 bits per heavy atom. The molecule has 106 valence electrons. The molecular weight excluding hydrogens is 344 g/mol. The first-order valence-electron chi connectivity index (χ1n) is 5.96. The SMILES string of the molecule is CC(C)Oc1ncnc(Nc2ccc(Br)c(Cl)c2)c1N. The fourth-order valence-electron chi connectivity index (χ4n) is 1.51. The number of anilines is 3. The van der Waals surface area contributed by atoms with Gasteiger partial charge in [-0.1, -0.05) is 11.6 Å². The van der Waals surface area contributed by atoms with Crippen molar-refractivity contribution in [1.29, 1.82) is 0 Å². The topological polar surface area (TPSA) is 73.1 Å². The summed E-state index contributed by atoms with van der Waals surface area (Å²) in [5.41, 5.74) is 7.13. The van der Waals surface area contributed by atoms with Crippen molar-refractivity contribution in [3.63, 3.8) is 0 Å². The number of nitrogens with two attached hydrogens (primary N) is 1. The van der Waals surface area contributed by atoms with Gasteiger partial charge in [-0.05, 0) is 48.0 Å². The second-order valence-electron chi connectivity index (χ2n) is 4.36. The number of ether oxygens (including phenoxy) is 1. The molecule has 3 N–H and O–H groups in total. The first kappa shape index (κ1) is 14.9. The van der Waals surface area contributed by atoms with Gasteiger partial charge >= 0.3 is 0 Å². The van der Waals surface area contributed by atoms with Crippen molar-refractivity contribution in [3.8, 4) is 5.88 Å². The molecule has 1 aromatic heterocycles. The summed E-state index contributed by atoms with van der Waals surface area (Å²) in [6.07, 6.45) is 1.39. The zero-order valence-corrected chi connectivity index (χ0v) is 13.4. The summed E-state index contributed by atoms with van der Waals surface area (Å²) in [6, 6.07) is 5.48. The predicted octanol–water partition coefficient (Wildman–Crippen LogP) is 4.01. The number of aromatic nitrogens is 2. The lowest BCUT2D eigenvalue weighted by Crippen LogP contribution is -2.10. The zero-order chi connectivity index (χ0) is 14.7. The minimum Gasteiger partial charge on any atom is -0.473 e. The Morgan fingerprint density at radius 3 is 2.75 bits per heavy atom. The van der Waals surface area contributed by atoms with Crippen LogP contribution in [0.4, 0.5) is 17.2 Å². The van der Waals surface area contributed by atoms with E-state index < -0.39 is 0 Å². The maximum Gasteiger partial charge on any atom is 0.242 e. The van der Waals surface area contributed by atoms with Gasteiger partial charge in [0.1, 0.15) is 12.0 Å². The van der Waals surface area contributed by atoms with Crippen LogP contribution in [-0.4, -0.2) is 16.1 Å². The summed E-state index contributed by atoms with van der Waals surface area (Å²) < 4.78 is 6.34. The minimum atomic E-state index is -0.0119. The maximum absolute atomic E-state index is 6.04. The van der Waals surface area contributed by atoms with Crippen molar-refractivity contribution >= 4 is 44.7 Å². The Labute approximate surface area is 130 Å². The fourth-order valence-corrected chi connectivity index (χ4v) is 1.93. The maximum atomic E-state index is 6.04. The highest BCUT2D eigenvalue weighted by Gasteiger charge is 2.11. The summed E-state index contributed by atoms with van der Waals surface area (Å²) in [6.45, 7) is 3.81. The number of halogens is 2. The summed E-state index contributed by atoms with van der Waals surface area (Å²) in [5.74, 6) is 0.842. The van der Waals surface area contributed by atoms with Gasteiger partial charge in [0.05, 0.1) is 11.1 Å². The van der Waals surface area contributed by atoms with E-state index in [1.165, 1.54) is 6.33 Å². The van der Waals surface area contributed by atoms with E-state index in [2.05, 4.69) is 31.2 Å². The molecule has 0 aliphatic carbocycles. The van der Waals surface area contributed by atoms with Crippen molar-refractivity contribution in [2.75, 3.05) is 11.1 Å². The van der Waals surface area contributed by atoms with E-state index in [-0.39, 0.29) is 6.10 Å². The highest BCUT2D eigenvalue weighted by atomic mass is 79.9. The third-order valence-corrected chi connectivity index (χ3v) is 3.61. The smallest absolute Gasteiger partial charge is 0.242 e. The third kappa shape index (κ3) is 3.52. The highest BCUT2D eigenvalue weighted by molar-refractivity contribution is 9.10. The van der Waals surface area contributed by atoms with Crippen LogP contribution in [0.5, 0.6) is 5.88 Å². The first-order valence-corrected chi connectivity index (χ1v) is 7.13. The van der Waals surface area contributed by atoms with Gasteiger partial charge in [0, 0.05) is 10.2 Å². The number of hydrogen-bond acceptors (Lipinski definition) is 5. The Bertz CT molecular complexity index is 621. The number of nitrogens with zero attached hydrogens (tertiary/aromatic N) is 2. The molecule has 0 bridgehead atoms. The van der Waals surface area contributed by atoms with E-state index in [4.69, 9.17) is 22.1 Å². The van der Waals surface area contributed by atoms with E-state index in [0.29, 0.717) is 22.4 Å². The molecule has 1 heterocycles. The molecule has 0 atom stereocenters. The molecule has 0 fully saturated rings. The summed E-state index contributed by atoms with van der Waals surface area (Å²) >= 11 is 9.38. The van der Waals surface area contributed by atoms with E-state index >= 15 is 0 Å². The number of benzene rings is 1. The average molecular weight is 358 g/mol. The monoisotopic (exact) mass is 356 g/mol. The molecule has 0 radical (unpaired) electrons.